The third kappa shape index (κ3) is 3.17. The van der Waals surface area contributed by atoms with E-state index in [4.69, 9.17) is 0 Å². The third-order valence-electron chi connectivity index (χ3n) is 3.00. The van der Waals surface area contributed by atoms with Gasteiger partial charge in [0, 0.05) is 28.4 Å². The molecule has 3 rings (SSSR count). The third-order valence-corrected chi connectivity index (χ3v) is 3.90. The van der Waals surface area contributed by atoms with Gasteiger partial charge in [-0.2, -0.15) is 0 Å². The van der Waals surface area contributed by atoms with Gasteiger partial charge in [0.25, 0.3) is 0 Å². The van der Waals surface area contributed by atoms with E-state index in [0.29, 0.717) is 0 Å². The van der Waals surface area contributed by atoms with Gasteiger partial charge >= 0.3 is 0 Å². The minimum Gasteiger partial charge on any atom is -0.507 e. The van der Waals surface area contributed by atoms with Gasteiger partial charge in [0.15, 0.2) is 0 Å². The number of para-hydroxylation sites is 1. The number of hydrogen-bond donors (Lipinski definition) is 2. The Bertz CT molecular complexity index is 737. The second kappa shape index (κ2) is 6.33. The average molecular weight is 294 g/mol. The van der Waals surface area contributed by atoms with E-state index in [1.807, 2.05) is 53.9 Å². The van der Waals surface area contributed by atoms with Crippen LogP contribution in [0.4, 0.5) is 0 Å². The Morgan fingerprint density at radius 2 is 1.81 bits per heavy atom. The summed E-state index contributed by atoms with van der Waals surface area (Å²) in [5.74, 6) is 0.980. The van der Waals surface area contributed by atoms with Crippen LogP contribution in [-0.4, -0.2) is 15.1 Å². The number of hydrogen-bond acceptors (Lipinski definition) is 3. The summed E-state index contributed by atoms with van der Waals surface area (Å²) in [4.78, 5) is 8.53. The van der Waals surface area contributed by atoms with E-state index in [1.165, 1.54) is 0 Å². The Hall–Kier alpha value is -2.46. The highest BCUT2D eigenvalue weighted by atomic mass is 32.2. The predicted molar refractivity (Wildman–Crippen MR) is 86.1 cm³/mol. The first-order chi connectivity index (χ1) is 10.3. The largest absolute Gasteiger partial charge is 0.507 e. The van der Waals surface area contributed by atoms with E-state index in [0.717, 1.165) is 21.9 Å². The predicted octanol–water partition coefficient (Wildman–Crippen LogP) is 4.30. The molecule has 0 aliphatic heterocycles. The molecule has 0 atom stereocenters. The maximum Gasteiger partial charge on any atom is 0.138 e. The molecule has 0 aliphatic rings. The summed E-state index contributed by atoms with van der Waals surface area (Å²) in [6.07, 6.45) is 3.48. The minimum absolute atomic E-state index is 0.244. The molecule has 0 saturated heterocycles. The maximum absolute atomic E-state index is 10.1. The molecule has 0 radical (unpaired) electrons. The van der Waals surface area contributed by atoms with Gasteiger partial charge in [-0.25, -0.2) is 4.98 Å². The molecule has 0 spiro atoms. The average Bonchev–Trinajstić information content (AvgIpc) is 3.04. The summed E-state index contributed by atoms with van der Waals surface area (Å²) >= 11 is 1.60. The normalized spacial score (nSPS) is 11.5. The number of nitrogens with one attached hydrogen (secondary N) is 1. The van der Waals surface area contributed by atoms with Gasteiger partial charge in [-0.1, -0.05) is 48.2 Å². The molecule has 3 nitrogen and oxygen atoms in total. The van der Waals surface area contributed by atoms with Gasteiger partial charge in [-0.3, -0.25) is 0 Å². The first kappa shape index (κ1) is 13.5. The van der Waals surface area contributed by atoms with Crippen molar-refractivity contribution >= 4 is 17.3 Å². The van der Waals surface area contributed by atoms with Crippen LogP contribution in [0.25, 0.3) is 5.57 Å². The Kier molecular flexibility index (Phi) is 4.07. The fourth-order valence-corrected chi connectivity index (χ4v) is 2.79. The van der Waals surface area contributed by atoms with Crippen molar-refractivity contribution in [3.8, 4) is 5.75 Å². The maximum atomic E-state index is 10.1. The molecule has 0 bridgehead atoms. The molecule has 2 aromatic carbocycles. The standard InChI is InChI=1S/C17H14N2OS/c20-16-9-5-4-8-14(16)15(17-18-10-11-19-17)12-21-13-6-2-1-3-7-13/h1-12,20H,(H,18,19). The lowest BCUT2D eigenvalue weighted by Crippen LogP contribution is -1.90. The second-order valence-corrected chi connectivity index (χ2v) is 5.36. The fraction of sp³-hybridized carbons (Fsp3) is 0. The van der Waals surface area contributed by atoms with Gasteiger partial charge in [0.1, 0.15) is 11.6 Å². The van der Waals surface area contributed by atoms with Crippen molar-refractivity contribution in [2.75, 3.05) is 0 Å². The number of aromatic hydroxyl groups is 1. The van der Waals surface area contributed by atoms with Gasteiger partial charge in [-0.15, -0.1) is 0 Å². The number of aromatic amines is 1. The first-order valence-corrected chi connectivity index (χ1v) is 7.42. The van der Waals surface area contributed by atoms with Crippen LogP contribution >= 0.6 is 11.8 Å². The minimum atomic E-state index is 0.244. The van der Waals surface area contributed by atoms with Crippen molar-refractivity contribution in [3.63, 3.8) is 0 Å². The van der Waals surface area contributed by atoms with E-state index in [9.17, 15) is 5.11 Å². The lowest BCUT2D eigenvalue weighted by atomic mass is 10.1. The van der Waals surface area contributed by atoms with Gasteiger partial charge in [-0.05, 0) is 23.6 Å². The van der Waals surface area contributed by atoms with Crippen molar-refractivity contribution in [3.05, 3.63) is 83.8 Å². The van der Waals surface area contributed by atoms with E-state index in [-0.39, 0.29) is 5.75 Å². The van der Waals surface area contributed by atoms with E-state index in [2.05, 4.69) is 9.97 Å². The molecule has 0 amide bonds. The Labute approximate surface area is 127 Å². The van der Waals surface area contributed by atoms with Crippen LogP contribution in [0.1, 0.15) is 11.4 Å². The van der Waals surface area contributed by atoms with Gasteiger partial charge in [0.05, 0.1) is 0 Å². The van der Waals surface area contributed by atoms with Crippen LogP contribution in [0.3, 0.4) is 0 Å². The Morgan fingerprint density at radius 3 is 2.52 bits per heavy atom. The van der Waals surface area contributed by atoms with Crippen LogP contribution in [0.5, 0.6) is 5.75 Å². The van der Waals surface area contributed by atoms with Crippen molar-refractivity contribution in [2.24, 2.45) is 0 Å². The SMILES string of the molecule is Oc1ccccc1C(=CSc1ccccc1)c1ncc[nH]1. The number of rotatable bonds is 4. The zero-order valence-corrected chi connectivity index (χ0v) is 12.0. The second-order valence-electron chi connectivity index (χ2n) is 4.42. The van der Waals surface area contributed by atoms with Gasteiger partial charge in [0.2, 0.25) is 0 Å². The molecular weight excluding hydrogens is 280 g/mol. The number of imidazole rings is 1. The number of aromatic nitrogens is 2. The van der Waals surface area contributed by atoms with Crippen molar-refractivity contribution in [1.82, 2.24) is 9.97 Å². The number of thioether (sulfide) groups is 1. The lowest BCUT2D eigenvalue weighted by molar-refractivity contribution is 0.473. The summed E-state index contributed by atoms with van der Waals surface area (Å²) in [5, 5.41) is 12.1. The number of phenols is 1. The molecule has 0 aliphatic carbocycles. The zero-order valence-electron chi connectivity index (χ0n) is 11.2. The molecular formula is C17H14N2OS. The van der Waals surface area contributed by atoms with Crippen LogP contribution in [0.2, 0.25) is 0 Å². The Balaban J connectivity index is 2.00. The number of nitrogens with zero attached hydrogens (tertiary/aromatic N) is 1. The molecule has 1 heterocycles. The highest BCUT2D eigenvalue weighted by Gasteiger charge is 2.11. The molecule has 104 valence electrons. The molecule has 4 heteroatoms. The van der Waals surface area contributed by atoms with Crippen LogP contribution in [-0.2, 0) is 0 Å². The van der Waals surface area contributed by atoms with E-state index in [1.54, 1.807) is 30.2 Å². The van der Waals surface area contributed by atoms with E-state index < -0.39 is 0 Å². The molecule has 1 aromatic heterocycles. The van der Waals surface area contributed by atoms with Crippen molar-refractivity contribution < 1.29 is 5.11 Å². The summed E-state index contributed by atoms with van der Waals surface area (Å²) in [7, 11) is 0. The number of benzene rings is 2. The van der Waals surface area contributed by atoms with Crippen LogP contribution in [0, 0.1) is 0 Å². The summed E-state index contributed by atoms with van der Waals surface area (Å²) < 4.78 is 0. The molecule has 3 aromatic rings. The molecule has 0 unspecified atom stereocenters. The zero-order chi connectivity index (χ0) is 14.5. The van der Waals surface area contributed by atoms with E-state index >= 15 is 0 Å². The molecule has 0 fully saturated rings. The monoisotopic (exact) mass is 294 g/mol. The van der Waals surface area contributed by atoms with Crippen molar-refractivity contribution in [2.45, 2.75) is 4.90 Å². The number of H-pyrrole nitrogens is 1. The smallest absolute Gasteiger partial charge is 0.138 e. The van der Waals surface area contributed by atoms with Crippen molar-refractivity contribution in [1.29, 1.82) is 0 Å². The molecule has 21 heavy (non-hydrogen) atoms. The molecule has 2 N–H and O–H groups in total. The first-order valence-electron chi connectivity index (χ1n) is 6.54. The van der Waals surface area contributed by atoms with Crippen LogP contribution in [0.15, 0.2) is 77.3 Å². The summed E-state index contributed by atoms with van der Waals surface area (Å²) in [6, 6.07) is 17.4. The summed E-state index contributed by atoms with van der Waals surface area (Å²) in [5.41, 5.74) is 1.63. The lowest BCUT2D eigenvalue weighted by Gasteiger charge is -2.07. The highest BCUT2D eigenvalue weighted by Crippen LogP contribution is 2.32. The van der Waals surface area contributed by atoms with Crippen LogP contribution < -0.4 is 0 Å². The topological polar surface area (TPSA) is 48.9 Å². The van der Waals surface area contributed by atoms with Gasteiger partial charge < -0.3 is 10.1 Å². The Morgan fingerprint density at radius 1 is 1.05 bits per heavy atom. The molecule has 0 saturated carbocycles. The fourth-order valence-electron chi connectivity index (χ4n) is 1.99. The quantitative estimate of drug-likeness (QED) is 0.705. The number of phenolic OH excluding ortho intramolecular Hbond substituents is 1. The summed E-state index contributed by atoms with van der Waals surface area (Å²) in [6.45, 7) is 0. The highest BCUT2D eigenvalue weighted by molar-refractivity contribution is 8.02.